The second kappa shape index (κ2) is 8.57. The van der Waals surface area contributed by atoms with Crippen LogP contribution in [0, 0.1) is 19.7 Å². The Kier molecular flexibility index (Phi) is 5.89. The minimum atomic E-state index is -0.417. The number of fused-ring (bicyclic) bond motifs is 1. The number of aromatic nitrogens is 1. The lowest BCUT2D eigenvalue weighted by molar-refractivity contribution is 0.0391. The number of thiazole rings is 1. The molecule has 0 aliphatic carbocycles. The molecule has 0 saturated carbocycles. The van der Waals surface area contributed by atoms with Crippen LogP contribution < -0.4 is 4.90 Å². The maximum atomic E-state index is 13.7. The first-order chi connectivity index (χ1) is 14.0. The maximum Gasteiger partial charge on any atom is 0.260 e. The second-order valence-corrected chi connectivity index (χ2v) is 8.36. The molecule has 1 aromatic heterocycles. The van der Waals surface area contributed by atoms with Gasteiger partial charge >= 0.3 is 0 Å². The number of anilines is 1. The van der Waals surface area contributed by atoms with E-state index >= 15 is 0 Å². The van der Waals surface area contributed by atoms with Crippen molar-refractivity contribution in [3.05, 3.63) is 58.9 Å². The number of rotatable bonds is 5. The largest absolute Gasteiger partial charge is 0.379 e. The number of halogens is 1. The Morgan fingerprint density at radius 2 is 2.03 bits per heavy atom. The van der Waals surface area contributed by atoms with E-state index in [-0.39, 0.29) is 5.91 Å². The molecule has 0 unspecified atom stereocenters. The molecule has 3 aromatic rings. The summed E-state index contributed by atoms with van der Waals surface area (Å²) in [4.78, 5) is 22.0. The van der Waals surface area contributed by atoms with Gasteiger partial charge in [0.1, 0.15) is 5.82 Å². The number of benzene rings is 2. The quantitative estimate of drug-likeness (QED) is 0.634. The molecule has 5 nitrogen and oxygen atoms in total. The second-order valence-electron chi connectivity index (χ2n) is 7.35. The summed E-state index contributed by atoms with van der Waals surface area (Å²) in [6.07, 6.45) is 0. The van der Waals surface area contributed by atoms with Crippen molar-refractivity contribution in [1.82, 2.24) is 9.88 Å². The SMILES string of the molecule is Cc1cc(C)c2nc(N(CCN3CCOCC3)C(=O)c3cccc(F)c3)sc2c1. The van der Waals surface area contributed by atoms with Crippen LogP contribution in [0.2, 0.25) is 0 Å². The van der Waals surface area contributed by atoms with Crippen LogP contribution in [0.5, 0.6) is 0 Å². The molecule has 1 saturated heterocycles. The average molecular weight is 414 g/mol. The predicted molar refractivity (Wildman–Crippen MR) is 114 cm³/mol. The number of amides is 1. The van der Waals surface area contributed by atoms with Gasteiger partial charge in [-0.15, -0.1) is 0 Å². The van der Waals surface area contributed by atoms with E-state index < -0.39 is 5.82 Å². The van der Waals surface area contributed by atoms with Gasteiger partial charge in [0.2, 0.25) is 0 Å². The molecule has 1 amide bonds. The summed E-state index contributed by atoms with van der Waals surface area (Å²) in [5, 5.41) is 0.649. The molecule has 0 N–H and O–H groups in total. The molecule has 0 spiro atoms. The molecule has 152 valence electrons. The molecule has 2 aromatic carbocycles. The van der Waals surface area contributed by atoms with E-state index in [0.717, 1.165) is 35.4 Å². The first-order valence-electron chi connectivity index (χ1n) is 9.76. The molecule has 0 radical (unpaired) electrons. The number of ether oxygens (including phenoxy) is 1. The Morgan fingerprint density at radius 3 is 2.79 bits per heavy atom. The number of carbonyl (C=O) groups excluding carboxylic acids is 1. The van der Waals surface area contributed by atoms with Crippen LogP contribution in [-0.4, -0.2) is 55.2 Å². The molecule has 1 aliphatic rings. The zero-order chi connectivity index (χ0) is 20.4. The minimum absolute atomic E-state index is 0.230. The highest BCUT2D eigenvalue weighted by molar-refractivity contribution is 7.22. The highest BCUT2D eigenvalue weighted by Gasteiger charge is 2.23. The van der Waals surface area contributed by atoms with Crippen LogP contribution in [0.3, 0.4) is 0 Å². The molecule has 1 fully saturated rings. The lowest BCUT2D eigenvalue weighted by Gasteiger charge is -2.29. The minimum Gasteiger partial charge on any atom is -0.379 e. The van der Waals surface area contributed by atoms with Crippen molar-refractivity contribution in [2.24, 2.45) is 0 Å². The van der Waals surface area contributed by atoms with Crippen molar-refractivity contribution in [2.45, 2.75) is 13.8 Å². The van der Waals surface area contributed by atoms with Gasteiger partial charge in [-0.2, -0.15) is 0 Å². The van der Waals surface area contributed by atoms with E-state index in [1.54, 1.807) is 17.0 Å². The molecule has 0 atom stereocenters. The van der Waals surface area contributed by atoms with Gasteiger partial charge in [-0.05, 0) is 49.2 Å². The predicted octanol–water partition coefficient (Wildman–Crippen LogP) is 4.03. The molecule has 4 rings (SSSR count). The fourth-order valence-electron chi connectivity index (χ4n) is 3.60. The van der Waals surface area contributed by atoms with Gasteiger partial charge in [-0.1, -0.05) is 23.5 Å². The number of morpholine rings is 1. The van der Waals surface area contributed by atoms with E-state index in [0.29, 0.717) is 30.5 Å². The summed E-state index contributed by atoms with van der Waals surface area (Å²) in [6, 6.07) is 10.0. The molecule has 7 heteroatoms. The Labute approximate surface area is 173 Å². The summed E-state index contributed by atoms with van der Waals surface area (Å²) in [5.41, 5.74) is 3.51. The van der Waals surface area contributed by atoms with Crippen molar-refractivity contribution in [3.8, 4) is 0 Å². The third-order valence-electron chi connectivity index (χ3n) is 5.11. The number of carbonyl (C=O) groups is 1. The monoisotopic (exact) mass is 413 g/mol. The van der Waals surface area contributed by atoms with Gasteiger partial charge in [0.05, 0.1) is 23.4 Å². The van der Waals surface area contributed by atoms with Crippen molar-refractivity contribution in [2.75, 3.05) is 44.3 Å². The molecule has 29 heavy (non-hydrogen) atoms. The number of hydrogen-bond acceptors (Lipinski definition) is 5. The maximum absolute atomic E-state index is 13.7. The lowest BCUT2D eigenvalue weighted by Crippen LogP contribution is -2.43. The first-order valence-corrected chi connectivity index (χ1v) is 10.6. The van der Waals surface area contributed by atoms with E-state index in [4.69, 9.17) is 9.72 Å². The van der Waals surface area contributed by atoms with Gasteiger partial charge in [0, 0.05) is 31.7 Å². The van der Waals surface area contributed by atoms with Crippen LogP contribution in [-0.2, 0) is 4.74 Å². The number of nitrogens with zero attached hydrogens (tertiary/aromatic N) is 3. The molecular weight excluding hydrogens is 389 g/mol. The summed E-state index contributed by atoms with van der Waals surface area (Å²) < 4.78 is 20.2. The molecule has 0 bridgehead atoms. The summed E-state index contributed by atoms with van der Waals surface area (Å²) in [6.45, 7) is 8.41. The zero-order valence-corrected chi connectivity index (χ0v) is 17.5. The summed E-state index contributed by atoms with van der Waals surface area (Å²) in [7, 11) is 0. The van der Waals surface area contributed by atoms with Gasteiger partial charge in [0.15, 0.2) is 5.13 Å². The summed E-state index contributed by atoms with van der Waals surface area (Å²) in [5.74, 6) is -0.647. The van der Waals surface area contributed by atoms with Crippen LogP contribution in [0.4, 0.5) is 9.52 Å². The smallest absolute Gasteiger partial charge is 0.260 e. The van der Waals surface area contributed by atoms with E-state index in [1.807, 2.05) is 6.92 Å². The normalized spacial score (nSPS) is 15.0. The fraction of sp³-hybridized carbons (Fsp3) is 0.364. The van der Waals surface area contributed by atoms with Crippen molar-refractivity contribution in [1.29, 1.82) is 0 Å². The Morgan fingerprint density at radius 1 is 1.24 bits per heavy atom. The standard InChI is InChI=1S/C22H24FN3O2S/c1-15-12-16(2)20-19(13-15)29-22(24-20)26(7-6-25-8-10-28-11-9-25)21(27)17-4-3-5-18(23)14-17/h3-5,12-14H,6-11H2,1-2H3. The fourth-order valence-corrected chi connectivity index (χ4v) is 4.77. The Balaban J connectivity index is 1.67. The zero-order valence-electron chi connectivity index (χ0n) is 16.7. The van der Waals surface area contributed by atoms with Crippen molar-refractivity contribution >= 4 is 32.6 Å². The summed E-state index contributed by atoms with van der Waals surface area (Å²) >= 11 is 1.50. The number of aryl methyl sites for hydroxylation is 2. The highest BCUT2D eigenvalue weighted by atomic mass is 32.1. The lowest BCUT2D eigenvalue weighted by atomic mass is 10.1. The van der Waals surface area contributed by atoms with Crippen LogP contribution in [0.15, 0.2) is 36.4 Å². The van der Waals surface area contributed by atoms with E-state index in [2.05, 4.69) is 24.0 Å². The topological polar surface area (TPSA) is 45.7 Å². The third-order valence-corrected chi connectivity index (χ3v) is 6.14. The van der Waals surface area contributed by atoms with Gasteiger partial charge in [-0.3, -0.25) is 14.6 Å². The van der Waals surface area contributed by atoms with E-state index in [9.17, 15) is 9.18 Å². The molecular formula is C22H24FN3O2S. The molecule has 1 aliphatic heterocycles. The van der Waals surface area contributed by atoms with Crippen LogP contribution in [0.25, 0.3) is 10.2 Å². The van der Waals surface area contributed by atoms with E-state index in [1.165, 1.54) is 29.0 Å². The Hall–Kier alpha value is -2.35. The van der Waals surface area contributed by atoms with Gasteiger partial charge < -0.3 is 4.74 Å². The van der Waals surface area contributed by atoms with Crippen molar-refractivity contribution < 1.29 is 13.9 Å². The molecule has 2 heterocycles. The Bertz CT molecular complexity index is 1030. The highest BCUT2D eigenvalue weighted by Crippen LogP contribution is 2.32. The third kappa shape index (κ3) is 4.47. The van der Waals surface area contributed by atoms with Gasteiger partial charge in [-0.25, -0.2) is 9.37 Å². The average Bonchev–Trinajstić information content (AvgIpc) is 3.13. The first kappa shape index (κ1) is 19.9. The van der Waals surface area contributed by atoms with Crippen molar-refractivity contribution in [3.63, 3.8) is 0 Å². The number of hydrogen-bond donors (Lipinski definition) is 0. The van der Waals surface area contributed by atoms with Crippen LogP contribution >= 0.6 is 11.3 Å². The van der Waals surface area contributed by atoms with Gasteiger partial charge in [0.25, 0.3) is 5.91 Å². The van der Waals surface area contributed by atoms with Crippen LogP contribution in [0.1, 0.15) is 21.5 Å².